The van der Waals surface area contributed by atoms with E-state index in [2.05, 4.69) is 23.2 Å². The molecule has 0 atom stereocenters. The average molecular weight is 197 g/mol. The molecule has 0 amide bonds. The Hall–Kier alpha value is -0.740. The summed E-state index contributed by atoms with van der Waals surface area (Å²) >= 11 is 1.68. The van der Waals surface area contributed by atoms with Crippen molar-refractivity contribution < 1.29 is 0 Å². The van der Waals surface area contributed by atoms with E-state index in [1.54, 1.807) is 11.3 Å². The summed E-state index contributed by atoms with van der Waals surface area (Å²) < 4.78 is 0. The van der Waals surface area contributed by atoms with Gasteiger partial charge in [0.1, 0.15) is 0 Å². The Balaban J connectivity index is 2.18. The van der Waals surface area contributed by atoms with Gasteiger partial charge in [-0.05, 0) is 13.0 Å². The predicted molar refractivity (Wildman–Crippen MR) is 58.6 cm³/mol. The van der Waals surface area contributed by atoms with Crippen LogP contribution in [-0.2, 0) is 0 Å². The van der Waals surface area contributed by atoms with Crippen LogP contribution in [0.1, 0.15) is 4.88 Å². The van der Waals surface area contributed by atoms with Gasteiger partial charge < -0.3 is 16.0 Å². The normalized spacial score (nSPS) is 17.8. The first-order valence-electron chi connectivity index (χ1n) is 4.59. The minimum atomic E-state index is 0.922. The van der Waals surface area contributed by atoms with E-state index in [-0.39, 0.29) is 0 Å². The Morgan fingerprint density at radius 1 is 1.46 bits per heavy atom. The van der Waals surface area contributed by atoms with Crippen LogP contribution in [0.15, 0.2) is 6.07 Å². The zero-order chi connectivity index (χ0) is 9.26. The third-order valence-electron chi connectivity index (χ3n) is 2.37. The Bertz CT molecular complexity index is 289. The van der Waals surface area contributed by atoms with E-state index >= 15 is 0 Å². The molecule has 1 aromatic rings. The van der Waals surface area contributed by atoms with Gasteiger partial charge >= 0.3 is 0 Å². The fraction of sp³-hybridized carbons (Fsp3) is 0.556. The van der Waals surface area contributed by atoms with E-state index in [0.29, 0.717) is 0 Å². The first-order valence-corrected chi connectivity index (χ1v) is 5.40. The molecule has 1 aliphatic rings. The lowest BCUT2D eigenvalue weighted by atomic mass is 10.3. The van der Waals surface area contributed by atoms with Gasteiger partial charge in [0.15, 0.2) is 0 Å². The van der Waals surface area contributed by atoms with Crippen LogP contribution in [0.4, 0.5) is 10.7 Å². The van der Waals surface area contributed by atoms with Crippen molar-refractivity contribution in [1.82, 2.24) is 5.32 Å². The van der Waals surface area contributed by atoms with Crippen LogP contribution in [0.2, 0.25) is 0 Å². The molecule has 0 aliphatic carbocycles. The Kier molecular flexibility index (Phi) is 2.42. The lowest BCUT2D eigenvalue weighted by molar-refractivity contribution is 0.589. The topological polar surface area (TPSA) is 41.3 Å². The fourth-order valence-electron chi connectivity index (χ4n) is 1.71. The van der Waals surface area contributed by atoms with Gasteiger partial charge in [0.25, 0.3) is 0 Å². The Morgan fingerprint density at radius 2 is 2.15 bits per heavy atom. The SMILES string of the molecule is Cc1sc(N)cc1N1CCNCC1. The molecule has 1 fully saturated rings. The molecule has 1 aliphatic heterocycles. The number of hydrogen-bond acceptors (Lipinski definition) is 4. The van der Waals surface area contributed by atoms with E-state index in [9.17, 15) is 0 Å². The van der Waals surface area contributed by atoms with Gasteiger partial charge in [-0.1, -0.05) is 0 Å². The van der Waals surface area contributed by atoms with Gasteiger partial charge in [-0.3, -0.25) is 0 Å². The van der Waals surface area contributed by atoms with Gasteiger partial charge in [-0.15, -0.1) is 11.3 Å². The molecule has 0 spiro atoms. The monoisotopic (exact) mass is 197 g/mol. The first-order chi connectivity index (χ1) is 6.27. The van der Waals surface area contributed by atoms with Crippen molar-refractivity contribution in [3.63, 3.8) is 0 Å². The van der Waals surface area contributed by atoms with Crippen molar-refractivity contribution in [2.45, 2.75) is 6.92 Å². The highest BCUT2D eigenvalue weighted by atomic mass is 32.1. The third-order valence-corrected chi connectivity index (χ3v) is 3.24. The van der Waals surface area contributed by atoms with E-state index < -0.39 is 0 Å². The van der Waals surface area contributed by atoms with Crippen LogP contribution in [-0.4, -0.2) is 26.2 Å². The summed E-state index contributed by atoms with van der Waals surface area (Å²) in [4.78, 5) is 3.73. The van der Waals surface area contributed by atoms with E-state index in [1.807, 2.05) is 0 Å². The van der Waals surface area contributed by atoms with Crippen LogP contribution >= 0.6 is 11.3 Å². The zero-order valence-corrected chi connectivity index (χ0v) is 8.66. The summed E-state index contributed by atoms with van der Waals surface area (Å²) in [6.07, 6.45) is 0. The van der Waals surface area contributed by atoms with Gasteiger partial charge in [0.2, 0.25) is 0 Å². The molecule has 0 unspecified atom stereocenters. The zero-order valence-electron chi connectivity index (χ0n) is 7.84. The van der Waals surface area contributed by atoms with Crippen molar-refractivity contribution in [3.8, 4) is 0 Å². The third kappa shape index (κ3) is 1.78. The maximum atomic E-state index is 5.76. The van der Waals surface area contributed by atoms with E-state index in [4.69, 9.17) is 5.73 Å². The first kappa shape index (κ1) is 8.84. The summed E-state index contributed by atoms with van der Waals surface area (Å²) in [5.74, 6) is 0. The summed E-state index contributed by atoms with van der Waals surface area (Å²) in [5, 5.41) is 4.26. The Labute approximate surface area is 82.5 Å². The van der Waals surface area contributed by atoms with Crippen LogP contribution in [0.3, 0.4) is 0 Å². The molecule has 0 aromatic carbocycles. The lowest BCUT2D eigenvalue weighted by Gasteiger charge is -2.29. The number of thiophene rings is 1. The van der Waals surface area contributed by atoms with E-state index in [0.717, 1.165) is 31.2 Å². The predicted octanol–water partition coefficient (Wildman–Crippen LogP) is 1.05. The summed E-state index contributed by atoms with van der Waals surface area (Å²) in [6, 6.07) is 2.09. The lowest BCUT2D eigenvalue weighted by Crippen LogP contribution is -2.43. The highest BCUT2D eigenvalue weighted by Crippen LogP contribution is 2.31. The molecule has 4 heteroatoms. The molecule has 72 valence electrons. The Morgan fingerprint density at radius 3 is 2.69 bits per heavy atom. The van der Waals surface area contributed by atoms with Gasteiger partial charge in [0, 0.05) is 31.1 Å². The highest BCUT2D eigenvalue weighted by molar-refractivity contribution is 7.16. The number of nitrogens with zero attached hydrogens (tertiary/aromatic N) is 1. The summed E-state index contributed by atoms with van der Waals surface area (Å²) in [6.45, 7) is 6.48. The smallest absolute Gasteiger partial charge is 0.0880 e. The molecule has 0 bridgehead atoms. The molecular weight excluding hydrogens is 182 g/mol. The summed E-state index contributed by atoms with van der Waals surface area (Å²) in [7, 11) is 0. The number of anilines is 2. The molecule has 0 radical (unpaired) electrons. The second-order valence-electron chi connectivity index (χ2n) is 3.33. The standard InChI is InChI=1S/C9H15N3S/c1-7-8(6-9(10)13-7)12-4-2-11-3-5-12/h6,11H,2-5,10H2,1H3. The molecule has 1 aromatic heterocycles. The quantitative estimate of drug-likeness (QED) is 0.707. The molecule has 1 saturated heterocycles. The van der Waals surface area contributed by atoms with E-state index in [1.165, 1.54) is 10.6 Å². The van der Waals surface area contributed by atoms with Crippen molar-refractivity contribution in [2.75, 3.05) is 36.8 Å². The minimum Gasteiger partial charge on any atom is -0.391 e. The number of aryl methyl sites for hydroxylation is 1. The van der Waals surface area contributed by atoms with Crippen LogP contribution < -0.4 is 16.0 Å². The van der Waals surface area contributed by atoms with Crippen molar-refractivity contribution >= 4 is 22.0 Å². The number of nitrogens with one attached hydrogen (secondary N) is 1. The van der Waals surface area contributed by atoms with Crippen molar-refractivity contribution in [2.24, 2.45) is 0 Å². The van der Waals surface area contributed by atoms with Crippen molar-refractivity contribution in [3.05, 3.63) is 10.9 Å². The van der Waals surface area contributed by atoms with Crippen LogP contribution in [0.25, 0.3) is 0 Å². The largest absolute Gasteiger partial charge is 0.391 e. The second kappa shape index (κ2) is 3.55. The molecule has 3 nitrogen and oxygen atoms in total. The molecule has 3 N–H and O–H groups in total. The second-order valence-corrected chi connectivity index (χ2v) is 4.62. The van der Waals surface area contributed by atoms with Gasteiger partial charge in [-0.2, -0.15) is 0 Å². The highest BCUT2D eigenvalue weighted by Gasteiger charge is 2.14. The van der Waals surface area contributed by atoms with Gasteiger partial charge in [0.05, 0.1) is 10.7 Å². The number of piperazine rings is 1. The number of hydrogen-bond donors (Lipinski definition) is 2. The molecule has 13 heavy (non-hydrogen) atoms. The number of nitrogen functional groups attached to an aromatic ring is 1. The fourth-order valence-corrected chi connectivity index (χ4v) is 2.53. The maximum Gasteiger partial charge on any atom is 0.0880 e. The van der Waals surface area contributed by atoms with Crippen molar-refractivity contribution in [1.29, 1.82) is 0 Å². The molecule has 0 saturated carbocycles. The average Bonchev–Trinajstić information content (AvgIpc) is 2.47. The number of rotatable bonds is 1. The maximum absolute atomic E-state index is 5.76. The number of nitrogens with two attached hydrogens (primary N) is 1. The van der Waals surface area contributed by atoms with Crippen LogP contribution in [0, 0.1) is 6.92 Å². The minimum absolute atomic E-state index is 0.922. The molecule has 2 heterocycles. The molecular formula is C9H15N3S. The van der Waals surface area contributed by atoms with Crippen LogP contribution in [0.5, 0.6) is 0 Å². The summed E-state index contributed by atoms with van der Waals surface area (Å²) in [5.41, 5.74) is 7.09. The molecule has 2 rings (SSSR count). The van der Waals surface area contributed by atoms with Gasteiger partial charge in [-0.25, -0.2) is 0 Å².